The average molecular weight is 279 g/mol. The predicted octanol–water partition coefficient (Wildman–Crippen LogP) is 2.17. The fourth-order valence-corrected chi connectivity index (χ4v) is 2.55. The van der Waals surface area contributed by atoms with Crippen LogP contribution in [0, 0.1) is 5.82 Å². The third kappa shape index (κ3) is 4.12. The molecule has 0 spiro atoms. The molecule has 0 aromatic heterocycles. The van der Waals surface area contributed by atoms with Gasteiger partial charge in [0.05, 0.1) is 6.54 Å². The highest BCUT2D eigenvalue weighted by Crippen LogP contribution is 2.24. The van der Waals surface area contributed by atoms with Gasteiger partial charge >= 0.3 is 0 Å². The van der Waals surface area contributed by atoms with E-state index in [1.54, 1.807) is 18.2 Å². The van der Waals surface area contributed by atoms with Crippen LogP contribution in [0.5, 0.6) is 0 Å². The maximum Gasteiger partial charge on any atom is 0.151 e. The third-order valence-electron chi connectivity index (χ3n) is 3.92. The van der Waals surface area contributed by atoms with Crippen LogP contribution in [0.2, 0.25) is 0 Å². The summed E-state index contributed by atoms with van der Waals surface area (Å²) >= 11 is 0. The molecule has 1 aromatic carbocycles. The molecule has 0 heterocycles. The second-order valence-corrected chi connectivity index (χ2v) is 5.44. The normalized spacial score (nSPS) is 15.3. The summed E-state index contributed by atoms with van der Waals surface area (Å²) in [6, 6.07) is 6.89. The van der Waals surface area contributed by atoms with Crippen LogP contribution in [0.1, 0.15) is 31.2 Å². The van der Waals surface area contributed by atoms with E-state index in [4.69, 9.17) is 5.11 Å². The average Bonchev–Trinajstić information content (AvgIpc) is 2.36. The van der Waals surface area contributed by atoms with Gasteiger partial charge in [0.1, 0.15) is 5.82 Å². The zero-order chi connectivity index (χ0) is 14.4. The SMILES string of the molecule is O=C(Cc1ccccc1F)CN(CCCO)C1CCC1. The van der Waals surface area contributed by atoms with Gasteiger partial charge in [-0.2, -0.15) is 0 Å². The Bertz CT molecular complexity index is 446. The molecule has 1 N–H and O–H groups in total. The number of benzene rings is 1. The summed E-state index contributed by atoms with van der Waals surface area (Å²) in [5, 5.41) is 8.93. The summed E-state index contributed by atoms with van der Waals surface area (Å²) in [6.45, 7) is 1.24. The van der Waals surface area contributed by atoms with Crippen LogP contribution in [0.15, 0.2) is 24.3 Å². The molecule has 1 aliphatic rings. The van der Waals surface area contributed by atoms with Crippen LogP contribution in [0.4, 0.5) is 4.39 Å². The highest BCUT2D eigenvalue weighted by molar-refractivity contribution is 5.82. The lowest BCUT2D eigenvalue weighted by atomic mass is 9.91. The van der Waals surface area contributed by atoms with Crippen LogP contribution >= 0.6 is 0 Å². The maximum atomic E-state index is 13.5. The molecule has 0 amide bonds. The van der Waals surface area contributed by atoms with Crippen molar-refractivity contribution in [3.63, 3.8) is 0 Å². The summed E-state index contributed by atoms with van der Waals surface area (Å²) in [5.74, 6) is -0.272. The number of aliphatic hydroxyl groups is 1. The Morgan fingerprint density at radius 2 is 2.10 bits per heavy atom. The third-order valence-corrected chi connectivity index (χ3v) is 3.92. The van der Waals surface area contributed by atoms with Crippen molar-refractivity contribution in [3.05, 3.63) is 35.6 Å². The smallest absolute Gasteiger partial charge is 0.151 e. The van der Waals surface area contributed by atoms with Crippen molar-refractivity contribution in [2.75, 3.05) is 19.7 Å². The zero-order valence-corrected chi connectivity index (χ0v) is 11.7. The molecule has 2 rings (SSSR count). The first-order valence-corrected chi connectivity index (χ1v) is 7.30. The standard InChI is InChI=1S/C16H22FNO2/c17-16-8-2-1-5-13(16)11-15(20)12-18(9-4-10-19)14-6-3-7-14/h1-2,5,8,14,19H,3-4,6-7,9-12H2. The zero-order valence-electron chi connectivity index (χ0n) is 11.7. The van der Waals surface area contributed by atoms with Gasteiger partial charge in [-0.1, -0.05) is 24.6 Å². The fourth-order valence-electron chi connectivity index (χ4n) is 2.55. The molecule has 1 fully saturated rings. The Morgan fingerprint density at radius 1 is 1.35 bits per heavy atom. The van der Waals surface area contributed by atoms with Gasteiger partial charge in [0.2, 0.25) is 0 Å². The monoisotopic (exact) mass is 279 g/mol. The molecular formula is C16H22FNO2. The Morgan fingerprint density at radius 3 is 2.70 bits per heavy atom. The second kappa shape index (κ2) is 7.50. The minimum Gasteiger partial charge on any atom is -0.396 e. The summed E-state index contributed by atoms with van der Waals surface area (Å²) in [6.07, 6.45) is 4.29. The number of halogens is 1. The van der Waals surface area contributed by atoms with Crippen LogP contribution in [0.25, 0.3) is 0 Å². The highest BCUT2D eigenvalue weighted by atomic mass is 19.1. The lowest BCUT2D eigenvalue weighted by Gasteiger charge is -2.37. The van der Waals surface area contributed by atoms with Crippen LogP contribution in [-0.2, 0) is 11.2 Å². The Hall–Kier alpha value is -1.26. The quantitative estimate of drug-likeness (QED) is 0.793. The maximum absolute atomic E-state index is 13.5. The number of rotatable bonds is 8. The van der Waals surface area contributed by atoms with Gasteiger partial charge < -0.3 is 5.11 Å². The molecule has 0 radical (unpaired) electrons. The number of nitrogens with zero attached hydrogens (tertiary/aromatic N) is 1. The van der Waals surface area contributed by atoms with Crippen LogP contribution in [-0.4, -0.2) is 41.5 Å². The molecule has 0 atom stereocenters. The van der Waals surface area contributed by atoms with Crippen LogP contribution in [0.3, 0.4) is 0 Å². The van der Waals surface area contributed by atoms with Gasteiger partial charge in [-0.15, -0.1) is 0 Å². The Labute approximate surface area is 119 Å². The van der Waals surface area contributed by atoms with E-state index < -0.39 is 0 Å². The van der Waals surface area contributed by atoms with E-state index in [2.05, 4.69) is 4.90 Å². The first-order valence-electron chi connectivity index (χ1n) is 7.30. The van der Waals surface area contributed by atoms with Gasteiger partial charge in [0, 0.05) is 25.6 Å². The highest BCUT2D eigenvalue weighted by Gasteiger charge is 2.26. The molecule has 4 heteroatoms. The van der Waals surface area contributed by atoms with Gasteiger partial charge in [-0.25, -0.2) is 4.39 Å². The summed E-state index contributed by atoms with van der Waals surface area (Å²) in [4.78, 5) is 14.3. The number of carbonyl (C=O) groups excluding carboxylic acids is 1. The van der Waals surface area contributed by atoms with E-state index in [1.165, 1.54) is 12.5 Å². The minimum atomic E-state index is -0.314. The molecule has 20 heavy (non-hydrogen) atoms. The largest absolute Gasteiger partial charge is 0.396 e. The van der Waals surface area contributed by atoms with E-state index in [0.717, 1.165) is 19.4 Å². The van der Waals surface area contributed by atoms with E-state index in [-0.39, 0.29) is 24.6 Å². The van der Waals surface area contributed by atoms with Crippen molar-refractivity contribution in [2.45, 2.75) is 38.1 Å². The number of hydrogen-bond donors (Lipinski definition) is 1. The molecule has 1 aromatic rings. The Balaban J connectivity index is 1.89. The Kier molecular flexibility index (Phi) is 5.68. The number of carbonyl (C=O) groups is 1. The van der Waals surface area contributed by atoms with Crippen LogP contribution < -0.4 is 0 Å². The number of aliphatic hydroxyl groups excluding tert-OH is 1. The number of Topliss-reactive ketones (excluding diaryl/α,β-unsaturated/α-hetero) is 1. The first kappa shape index (κ1) is 15.1. The van der Waals surface area contributed by atoms with Crippen molar-refractivity contribution in [2.24, 2.45) is 0 Å². The second-order valence-electron chi connectivity index (χ2n) is 5.44. The minimum absolute atomic E-state index is 0.0416. The molecule has 3 nitrogen and oxygen atoms in total. The molecular weight excluding hydrogens is 257 g/mol. The van der Waals surface area contributed by atoms with Crippen molar-refractivity contribution >= 4 is 5.78 Å². The molecule has 0 aliphatic heterocycles. The fraction of sp³-hybridized carbons (Fsp3) is 0.562. The summed E-state index contributed by atoms with van der Waals surface area (Å²) in [5.41, 5.74) is 0.466. The topological polar surface area (TPSA) is 40.5 Å². The number of ketones is 1. The van der Waals surface area contributed by atoms with Crippen molar-refractivity contribution in [1.29, 1.82) is 0 Å². The number of hydrogen-bond acceptors (Lipinski definition) is 3. The van der Waals surface area contributed by atoms with Gasteiger partial charge in [0.25, 0.3) is 0 Å². The molecule has 1 saturated carbocycles. The summed E-state index contributed by atoms with van der Waals surface area (Å²) in [7, 11) is 0. The van der Waals surface area contributed by atoms with Gasteiger partial charge in [0.15, 0.2) is 5.78 Å². The lowest BCUT2D eigenvalue weighted by molar-refractivity contribution is -0.120. The first-order chi connectivity index (χ1) is 9.70. The molecule has 0 unspecified atom stereocenters. The van der Waals surface area contributed by atoms with Crippen molar-refractivity contribution in [3.8, 4) is 0 Å². The molecule has 0 bridgehead atoms. The lowest BCUT2D eigenvalue weighted by Crippen LogP contribution is -2.44. The van der Waals surface area contributed by atoms with Crippen molar-refractivity contribution < 1.29 is 14.3 Å². The van der Waals surface area contributed by atoms with E-state index in [1.807, 2.05) is 0 Å². The van der Waals surface area contributed by atoms with E-state index >= 15 is 0 Å². The molecule has 110 valence electrons. The van der Waals surface area contributed by atoms with Gasteiger partial charge in [-0.3, -0.25) is 9.69 Å². The van der Waals surface area contributed by atoms with E-state index in [0.29, 0.717) is 24.6 Å². The molecule has 1 aliphatic carbocycles. The summed E-state index contributed by atoms with van der Waals surface area (Å²) < 4.78 is 13.5. The van der Waals surface area contributed by atoms with E-state index in [9.17, 15) is 9.18 Å². The van der Waals surface area contributed by atoms with Crippen molar-refractivity contribution in [1.82, 2.24) is 4.90 Å². The molecule has 0 saturated heterocycles. The predicted molar refractivity (Wildman–Crippen MR) is 76.0 cm³/mol. The van der Waals surface area contributed by atoms with Gasteiger partial charge in [-0.05, 0) is 30.9 Å².